The van der Waals surface area contributed by atoms with Gasteiger partial charge in [0.1, 0.15) is 0 Å². The lowest BCUT2D eigenvalue weighted by atomic mass is 10.0. The molecule has 1 unspecified atom stereocenters. The molecule has 0 spiro atoms. The molecule has 0 bridgehead atoms. The molecule has 1 atom stereocenters. The second-order valence-electron chi connectivity index (χ2n) is 4.38. The van der Waals surface area contributed by atoms with Crippen LogP contribution in [0.1, 0.15) is 24.9 Å². The fourth-order valence-corrected chi connectivity index (χ4v) is 1.75. The third-order valence-corrected chi connectivity index (χ3v) is 2.66. The van der Waals surface area contributed by atoms with Gasteiger partial charge in [-0.3, -0.25) is 0 Å². The maximum Gasteiger partial charge on any atom is 0.159 e. The summed E-state index contributed by atoms with van der Waals surface area (Å²) >= 11 is 0. The van der Waals surface area contributed by atoms with E-state index >= 15 is 0 Å². The number of nitrogens with one attached hydrogen (secondary N) is 1. The molecule has 0 amide bonds. The van der Waals surface area contributed by atoms with Crippen LogP contribution in [-0.4, -0.2) is 32.1 Å². The summed E-state index contributed by atoms with van der Waals surface area (Å²) in [5.74, 6) is -1.58. The molecule has 96 valence electrons. The Balaban J connectivity index is 2.77. The van der Waals surface area contributed by atoms with Gasteiger partial charge in [0.15, 0.2) is 11.6 Å². The second kappa shape index (κ2) is 6.67. The molecule has 1 N–H and O–H groups in total. The predicted octanol–water partition coefficient (Wildman–Crippen LogP) is 2.57. The first kappa shape index (κ1) is 14.1. The van der Waals surface area contributed by atoms with Crippen LogP contribution in [0.25, 0.3) is 0 Å². The normalized spacial score (nSPS) is 13.1. The lowest BCUT2D eigenvalue weighted by Gasteiger charge is -2.20. The van der Waals surface area contributed by atoms with Crippen LogP contribution in [0.2, 0.25) is 0 Å². The molecular formula is C13H20F2N2. The SMILES string of the molecule is CCNC(CCN(C)C)c1ccc(F)c(F)c1. The summed E-state index contributed by atoms with van der Waals surface area (Å²) in [4.78, 5) is 2.07. The van der Waals surface area contributed by atoms with Gasteiger partial charge in [0.05, 0.1) is 0 Å². The first-order valence-corrected chi connectivity index (χ1v) is 5.87. The minimum absolute atomic E-state index is 0.0671. The van der Waals surface area contributed by atoms with Crippen molar-refractivity contribution in [3.63, 3.8) is 0 Å². The Morgan fingerprint density at radius 2 is 1.94 bits per heavy atom. The topological polar surface area (TPSA) is 15.3 Å². The Kier molecular flexibility index (Phi) is 5.51. The minimum atomic E-state index is -0.795. The smallest absolute Gasteiger partial charge is 0.159 e. The van der Waals surface area contributed by atoms with Crippen molar-refractivity contribution < 1.29 is 8.78 Å². The van der Waals surface area contributed by atoms with Crippen LogP contribution in [0.15, 0.2) is 18.2 Å². The zero-order valence-electron chi connectivity index (χ0n) is 10.6. The molecule has 0 aromatic heterocycles. The summed E-state index contributed by atoms with van der Waals surface area (Å²) in [6.07, 6.45) is 0.867. The molecule has 0 heterocycles. The number of halogens is 2. The monoisotopic (exact) mass is 242 g/mol. The van der Waals surface area contributed by atoms with Crippen molar-refractivity contribution >= 4 is 0 Å². The highest BCUT2D eigenvalue weighted by Gasteiger charge is 2.12. The number of benzene rings is 1. The van der Waals surface area contributed by atoms with Gasteiger partial charge in [-0.1, -0.05) is 13.0 Å². The molecule has 0 radical (unpaired) electrons. The fraction of sp³-hybridized carbons (Fsp3) is 0.538. The van der Waals surface area contributed by atoms with E-state index in [-0.39, 0.29) is 6.04 Å². The van der Waals surface area contributed by atoms with Crippen LogP contribution in [0.3, 0.4) is 0 Å². The third-order valence-electron chi connectivity index (χ3n) is 2.66. The number of nitrogens with zero attached hydrogens (tertiary/aromatic N) is 1. The van der Waals surface area contributed by atoms with Crippen LogP contribution in [0, 0.1) is 11.6 Å². The number of hydrogen-bond donors (Lipinski definition) is 1. The molecule has 0 aliphatic heterocycles. The van der Waals surface area contributed by atoms with Gasteiger partial charge in [-0.05, 0) is 51.3 Å². The Bertz CT molecular complexity index is 353. The molecule has 0 saturated heterocycles. The van der Waals surface area contributed by atoms with Crippen LogP contribution >= 0.6 is 0 Å². The van der Waals surface area contributed by atoms with Crippen molar-refractivity contribution in [1.29, 1.82) is 0 Å². The molecule has 0 aliphatic rings. The maximum absolute atomic E-state index is 13.2. The van der Waals surface area contributed by atoms with Crippen LogP contribution in [0.5, 0.6) is 0 Å². The van der Waals surface area contributed by atoms with Crippen LogP contribution in [0.4, 0.5) is 8.78 Å². The van der Waals surface area contributed by atoms with E-state index in [0.29, 0.717) is 0 Å². The van der Waals surface area contributed by atoms with Crippen molar-refractivity contribution in [2.24, 2.45) is 0 Å². The first-order chi connectivity index (χ1) is 8.04. The lowest BCUT2D eigenvalue weighted by Crippen LogP contribution is -2.25. The Morgan fingerprint density at radius 3 is 2.47 bits per heavy atom. The summed E-state index contributed by atoms with van der Waals surface area (Å²) in [5, 5.41) is 3.29. The van der Waals surface area contributed by atoms with Gasteiger partial charge in [-0.15, -0.1) is 0 Å². The molecule has 4 heteroatoms. The molecular weight excluding hydrogens is 222 g/mol. The van der Waals surface area contributed by atoms with Crippen molar-refractivity contribution in [2.75, 3.05) is 27.2 Å². The third kappa shape index (κ3) is 4.40. The van der Waals surface area contributed by atoms with Gasteiger partial charge in [-0.2, -0.15) is 0 Å². The standard InChI is InChI=1S/C13H20F2N2/c1-4-16-13(7-8-17(2)3)10-5-6-11(14)12(15)9-10/h5-6,9,13,16H,4,7-8H2,1-3H3. The molecule has 0 aliphatic carbocycles. The zero-order chi connectivity index (χ0) is 12.8. The second-order valence-corrected chi connectivity index (χ2v) is 4.38. The van der Waals surface area contributed by atoms with Crippen molar-refractivity contribution in [3.8, 4) is 0 Å². The summed E-state index contributed by atoms with van der Waals surface area (Å²) in [5.41, 5.74) is 0.799. The highest BCUT2D eigenvalue weighted by molar-refractivity contribution is 5.21. The maximum atomic E-state index is 13.2. The van der Waals surface area contributed by atoms with E-state index in [1.54, 1.807) is 6.07 Å². The average molecular weight is 242 g/mol. The summed E-state index contributed by atoms with van der Waals surface area (Å²) in [7, 11) is 3.99. The lowest BCUT2D eigenvalue weighted by molar-refractivity contribution is 0.362. The zero-order valence-corrected chi connectivity index (χ0v) is 10.6. The largest absolute Gasteiger partial charge is 0.310 e. The highest BCUT2D eigenvalue weighted by Crippen LogP contribution is 2.19. The molecule has 0 fully saturated rings. The van der Waals surface area contributed by atoms with Crippen molar-refractivity contribution in [1.82, 2.24) is 10.2 Å². The Morgan fingerprint density at radius 1 is 1.24 bits per heavy atom. The number of rotatable bonds is 6. The Labute approximate surface area is 102 Å². The van der Waals surface area contributed by atoms with Gasteiger partial charge in [-0.25, -0.2) is 8.78 Å². The molecule has 1 aromatic carbocycles. The van der Waals surface area contributed by atoms with E-state index in [4.69, 9.17) is 0 Å². The Hall–Kier alpha value is -1.00. The summed E-state index contributed by atoms with van der Waals surface area (Å²) in [6, 6.07) is 4.17. The molecule has 0 saturated carbocycles. The van der Waals surface area contributed by atoms with Gasteiger partial charge >= 0.3 is 0 Å². The first-order valence-electron chi connectivity index (χ1n) is 5.87. The van der Waals surface area contributed by atoms with Gasteiger partial charge in [0.25, 0.3) is 0 Å². The van der Waals surface area contributed by atoms with E-state index < -0.39 is 11.6 Å². The molecule has 17 heavy (non-hydrogen) atoms. The van der Waals surface area contributed by atoms with Gasteiger partial charge < -0.3 is 10.2 Å². The predicted molar refractivity (Wildman–Crippen MR) is 65.9 cm³/mol. The van der Waals surface area contributed by atoms with E-state index in [1.165, 1.54) is 12.1 Å². The van der Waals surface area contributed by atoms with Gasteiger partial charge in [0.2, 0.25) is 0 Å². The summed E-state index contributed by atoms with van der Waals surface area (Å²) < 4.78 is 26.0. The van der Waals surface area contributed by atoms with Crippen molar-refractivity contribution in [2.45, 2.75) is 19.4 Å². The van der Waals surface area contributed by atoms with Crippen molar-refractivity contribution in [3.05, 3.63) is 35.4 Å². The van der Waals surface area contributed by atoms with Gasteiger partial charge in [0, 0.05) is 6.04 Å². The van der Waals surface area contributed by atoms with Crippen LogP contribution in [-0.2, 0) is 0 Å². The van der Waals surface area contributed by atoms with E-state index in [0.717, 1.165) is 25.1 Å². The fourth-order valence-electron chi connectivity index (χ4n) is 1.75. The van der Waals surface area contributed by atoms with E-state index in [1.807, 2.05) is 21.0 Å². The van der Waals surface area contributed by atoms with E-state index in [9.17, 15) is 8.78 Å². The molecule has 1 aromatic rings. The quantitative estimate of drug-likeness (QED) is 0.824. The molecule has 2 nitrogen and oxygen atoms in total. The minimum Gasteiger partial charge on any atom is -0.310 e. The number of hydrogen-bond acceptors (Lipinski definition) is 2. The highest BCUT2D eigenvalue weighted by atomic mass is 19.2. The van der Waals surface area contributed by atoms with Crippen LogP contribution < -0.4 is 5.32 Å². The molecule has 1 rings (SSSR count). The van der Waals surface area contributed by atoms with E-state index in [2.05, 4.69) is 10.2 Å². The average Bonchev–Trinajstić information content (AvgIpc) is 2.28. The summed E-state index contributed by atoms with van der Waals surface area (Å²) in [6.45, 7) is 3.70.